The van der Waals surface area contributed by atoms with Gasteiger partial charge in [0.05, 0.1) is 5.52 Å². The van der Waals surface area contributed by atoms with Gasteiger partial charge in [-0.05, 0) is 47.9 Å². The van der Waals surface area contributed by atoms with Gasteiger partial charge in [0, 0.05) is 11.6 Å². The first-order valence-electron chi connectivity index (χ1n) is 6.44. The fourth-order valence-electron chi connectivity index (χ4n) is 2.34. The van der Waals surface area contributed by atoms with Crippen LogP contribution in [-0.2, 0) is 0 Å². The van der Waals surface area contributed by atoms with Gasteiger partial charge in [-0.25, -0.2) is 4.39 Å². The first-order chi connectivity index (χ1) is 9.65. The second-order valence-electron chi connectivity index (χ2n) is 4.86. The van der Waals surface area contributed by atoms with E-state index in [1.54, 1.807) is 12.3 Å². The van der Waals surface area contributed by atoms with Crippen molar-refractivity contribution in [2.45, 2.75) is 13.0 Å². The third-order valence-corrected chi connectivity index (χ3v) is 3.48. The van der Waals surface area contributed by atoms with Crippen LogP contribution in [0.15, 0.2) is 54.7 Å². The van der Waals surface area contributed by atoms with Crippen molar-refractivity contribution >= 4 is 10.9 Å². The van der Waals surface area contributed by atoms with E-state index in [-0.39, 0.29) is 5.82 Å². The molecule has 0 aliphatic rings. The lowest BCUT2D eigenvalue weighted by Crippen LogP contribution is -2.02. The molecule has 1 unspecified atom stereocenters. The molecule has 1 N–H and O–H groups in total. The number of aromatic nitrogens is 1. The molecule has 0 radical (unpaired) electrons. The van der Waals surface area contributed by atoms with E-state index in [9.17, 15) is 9.50 Å². The summed E-state index contributed by atoms with van der Waals surface area (Å²) in [5, 5.41) is 11.5. The van der Waals surface area contributed by atoms with Gasteiger partial charge < -0.3 is 5.11 Å². The van der Waals surface area contributed by atoms with Crippen molar-refractivity contribution in [3.8, 4) is 0 Å². The Bertz CT molecular complexity index is 770. The van der Waals surface area contributed by atoms with Crippen molar-refractivity contribution in [3.05, 3.63) is 77.2 Å². The molecule has 0 aliphatic heterocycles. The maximum atomic E-state index is 13.4. The highest BCUT2D eigenvalue weighted by atomic mass is 19.1. The molecule has 100 valence electrons. The first-order valence-corrected chi connectivity index (χ1v) is 6.44. The summed E-state index contributed by atoms with van der Waals surface area (Å²) in [6, 6.07) is 13.9. The quantitative estimate of drug-likeness (QED) is 0.766. The second kappa shape index (κ2) is 5.02. The molecule has 3 aromatic rings. The maximum absolute atomic E-state index is 13.4. The monoisotopic (exact) mass is 267 g/mol. The van der Waals surface area contributed by atoms with Crippen LogP contribution in [0.5, 0.6) is 0 Å². The van der Waals surface area contributed by atoms with Crippen LogP contribution < -0.4 is 0 Å². The molecule has 1 atom stereocenters. The minimum absolute atomic E-state index is 0.344. The number of hydrogen-bond donors (Lipinski definition) is 1. The van der Waals surface area contributed by atoms with Gasteiger partial charge in [-0.2, -0.15) is 0 Å². The Morgan fingerprint density at radius 1 is 1.10 bits per heavy atom. The molecular weight excluding hydrogens is 253 g/mol. The largest absolute Gasteiger partial charge is 0.384 e. The smallest absolute Gasteiger partial charge is 0.123 e. The highest BCUT2D eigenvalue weighted by Crippen LogP contribution is 2.27. The van der Waals surface area contributed by atoms with Gasteiger partial charge in [0.2, 0.25) is 0 Å². The average molecular weight is 267 g/mol. The number of halogens is 1. The summed E-state index contributed by atoms with van der Waals surface area (Å²) in [5.74, 6) is -0.344. The molecule has 0 spiro atoms. The van der Waals surface area contributed by atoms with E-state index in [0.717, 1.165) is 16.5 Å². The normalized spacial score (nSPS) is 12.6. The van der Waals surface area contributed by atoms with Gasteiger partial charge in [-0.3, -0.25) is 4.98 Å². The molecule has 0 aliphatic carbocycles. The minimum atomic E-state index is -0.850. The zero-order valence-electron chi connectivity index (χ0n) is 11.0. The van der Waals surface area contributed by atoms with E-state index in [0.29, 0.717) is 11.1 Å². The molecule has 3 heteroatoms. The zero-order chi connectivity index (χ0) is 14.1. The zero-order valence-corrected chi connectivity index (χ0v) is 11.0. The third kappa shape index (κ3) is 2.28. The van der Waals surface area contributed by atoms with Crippen LogP contribution in [0.1, 0.15) is 22.8 Å². The predicted molar refractivity (Wildman–Crippen MR) is 76.9 cm³/mol. The summed E-state index contributed by atoms with van der Waals surface area (Å²) in [6.07, 6.45) is 0.864. The van der Waals surface area contributed by atoms with E-state index in [2.05, 4.69) is 4.98 Å². The highest BCUT2D eigenvalue weighted by Gasteiger charge is 2.14. The van der Waals surface area contributed by atoms with E-state index in [1.165, 1.54) is 12.1 Å². The van der Waals surface area contributed by atoms with Crippen LogP contribution in [-0.4, -0.2) is 10.1 Å². The number of nitrogens with zero attached hydrogens (tertiary/aromatic N) is 1. The van der Waals surface area contributed by atoms with Crippen LogP contribution in [0.2, 0.25) is 0 Å². The van der Waals surface area contributed by atoms with Crippen LogP contribution >= 0.6 is 0 Å². The number of aliphatic hydroxyl groups excluding tert-OH is 1. The van der Waals surface area contributed by atoms with E-state index in [4.69, 9.17) is 0 Å². The van der Waals surface area contributed by atoms with Gasteiger partial charge in [0.15, 0.2) is 0 Å². The molecule has 1 aromatic heterocycles. The first kappa shape index (κ1) is 12.8. The Morgan fingerprint density at radius 2 is 1.95 bits per heavy atom. The van der Waals surface area contributed by atoms with Gasteiger partial charge in [0.1, 0.15) is 11.9 Å². The number of benzene rings is 2. The number of fused-ring (bicyclic) bond motifs is 1. The summed E-state index contributed by atoms with van der Waals surface area (Å²) in [7, 11) is 0. The Kier molecular flexibility index (Phi) is 3.20. The summed E-state index contributed by atoms with van der Waals surface area (Å²) in [5.41, 5.74) is 2.98. The maximum Gasteiger partial charge on any atom is 0.123 e. The van der Waals surface area contributed by atoms with Crippen molar-refractivity contribution in [3.63, 3.8) is 0 Å². The van der Waals surface area contributed by atoms with Crippen molar-refractivity contribution < 1.29 is 9.50 Å². The van der Waals surface area contributed by atoms with Crippen LogP contribution in [0.4, 0.5) is 4.39 Å². The van der Waals surface area contributed by atoms with Gasteiger partial charge >= 0.3 is 0 Å². The summed E-state index contributed by atoms with van der Waals surface area (Å²) >= 11 is 0. The van der Waals surface area contributed by atoms with Gasteiger partial charge in [0.25, 0.3) is 0 Å². The summed E-state index contributed by atoms with van der Waals surface area (Å²) < 4.78 is 13.4. The Hall–Kier alpha value is -2.26. The van der Waals surface area contributed by atoms with Crippen LogP contribution in [0.3, 0.4) is 0 Å². The Labute approximate surface area is 116 Å². The molecule has 0 fully saturated rings. The molecule has 0 bridgehead atoms. The third-order valence-electron chi connectivity index (χ3n) is 3.48. The summed E-state index contributed by atoms with van der Waals surface area (Å²) in [4.78, 5) is 4.27. The van der Waals surface area contributed by atoms with Crippen LogP contribution in [0.25, 0.3) is 10.9 Å². The SMILES string of the molecule is Cc1ccc(F)cc1C(O)c1ccc2cccnc2c1. The average Bonchev–Trinajstić information content (AvgIpc) is 2.48. The lowest BCUT2D eigenvalue weighted by Gasteiger charge is -2.14. The van der Waals surface area contributed by atoms with Crippen molar-refractivity contribution in [2.75, 3.05) is 0 Å². The molecular formula is C17H14FNO. The second-order valence-corrected chi connectivity index (χ2v) is 4.86. The topological polar surface area (TPSA) is 33.1 Å². The summed E-state index contributed by atoms with van der Waals surface area (Å²) in [6.45, 7) is 1.86. The molecule has 0 saturated heterocycles. The van der Waals surface area contributed by atoms with Crippen molar-refractivity contribution in [1.82, 2.24) is 4.98 Å². The van der Waals surface area contributed by atoms with Gasteiger partial charge in [-0.1, -0.05) is 24.3 Å². The Balaban J connectivity index is 2.07. The standard InChI is InChI=1S/C17H14FNO/c1-11-4-7-14(18)10-15(11)17(20)13-6-5-12-3-2-8-19-16(12)9-13/h2-10,17,20H,1H3. The molecule has 2 nitrogen and oxygen atoms in total. The molecule has 1 heterocycles. The van der Waals surface area contributed by atoms with Crippen molar-refractivity contribution in [2.24, 2.45) is 0 Å². The van der Waals surface area contributed by atoms with Gasteiger partial charge in [-0.15, -0.1) is 0 Å². The van der Waals surface area contributed by atoms with Crippen molar-refractivity contribution in [1.29, 1.82) is 0 Å². The number of aliphatic hydroxyl groups is 1. The molecule has 0 amide bonds. The fourth-order valence-corrected chi connectivity index (χ4v) is 2.34. The highest BCUT2D eigenvalue weighted by molar-refractivity contribution is 5.79. The van der Waals surface area contributed by atoms with E-state index in [1.807, 2.05) is 37.3 Å². The predicted octanol–water partition coefficient (Wildman–Crippen LogP) is 3.76. The number of rotatable bonds is 2. The Morgan fingerprint density at radius 3 is 2.80 bits per heavy atom. The number of aryl methyl sites for hydroxylation is 1. The van der Waals surface area contributed by atoms with E-state index < -0.39 is 6.10 Å². The molecule has 3 rings (SSSR count). The molecule has 0 saturated carbocycles. The lowest BCUT2D eigenvalue weighted by molar-refractivity contribution is 0.219. The van der Waals surface area contributed by atoms with E-state index >= 15 is 0 Å². The number of hydrogen-bond acceptors (Lipinski definition) is 2. The fraction of sp³-hybridized carbons (Fsp3) is 0.118. The van der Waals surface area contributed by atoms with Crippen LogP contribution in [0, 0.1) is 12.7 Å². The number of pyridine rings is 1. The molecule has 2 aromatic carbocycles. The lowest BCUT2D eigenvalue weighted by atomic mass is 9.96. The molecule has 20 heavy (non-hydrogen) atoms. The minimum Gasteiger partial charge on any atom is -0.384 e.